The number of aromatic nitrogens is 2. The second-order valence-corrected chi connectivity index (χ2v) is 3.74. The zero-order chi connectivity index (χ0) is 11.3. The third-order valence-corrected chi connectivity index (χ3v) is 2.78. The van der Waals surface area contributed by atoms with Gasteiger partial charge in [0.25, 0.3) is 0 Å². The molecule has 1 unspecified atom stereocenters. The molecule has 86 valence electrons. The summed E-state index contributed by atoms with van der Waals surface area (Å²) in [4.78, 5) is 6.67. The topological polar surface area (TPSA) is 33.1 Å². The Morgan fingerprint density at radius 1 is 1.47 bits per heavy atom. The second-order valence-electron chi connectivity index (χ2n) is 3.74. The summed E-state index contributed by atoms with van der Waals surface area (Å²) in [5, 5.41) is 3.10. The molecule has 1 aromatic heterocycles. The van der Waals surface area contributed by atoms with Crippen LogP contribution in [0.2, 0.25) is 0 Å². The van der Waals surface area contributed by atoms with Crippen molar-refractivity contribution >= 4 is 5.95 Å². The number of hydrogen-bond donors (Lipinski definition) is 1. The quantitative estimate of drug-likeness (QED) is 0.777. The van der Waals surface area contributed by atoms with Crippen LogP contribution in [0.3, 0.4) is 0 Å². The zero-order valence-electron chi connectivity index (χ0n) is 10.2. The van der Waals surface area contributed by atoms with E-state index >= 15 is 0 Å². The van der Waals surface area contributed by atoms with Gasteiger partial charge in [0, 0.05) is 32.0 Å². The number of imidazole rings is 1. The van der Waals surface area contributed by atoms with Crippen LogP contribution < -0.4 is 5.32 Å². The van der Waals surface area contributed by atoms with E-state index in [4.69, 9.17) is 0 Å². The molecule has 0 radical (unpaired) electrons. The Kier molecular flexibility index (Phi) is 4.62. The van der Waals surface area contributed by atoms with E-state index in [-0.39, 0.29) is 0 Å². The van der Waals surface area contributed by atoms with Crippen molar-refractivity contribution in [1.82, 2.24) is 14.5 Å². The molecule has 0 spiro atoms. The van der Waals surface area contributed by atoms with E-state index in [2.05, 4.69) is 40.5 Å². The minimum atomic E-state index is 0.454. The van der Waals surface area contributed by atoms with Crippen LogP contribution in [0.4, 0.5) is 5.95 Å². The molecular weight excluding hydrogens is 188 g/mol. The lowest BCUT2D eigenvalue weighted by atomic mass is 10.3. The van der Waals surface area contributed by atoms with Gasteiger partial charge in [0.1, 0.15) is 0 Å². The molecule has 4 heteroatoms. The van der Waals surface area contributed by atoms with Crippen LogP contribution >= 0.6 is 0 Å². The molecule has 0 aromatic carbocycles. The zero-order valence-corrected chi connectivity index (χ0v) is 10.2. The first kappa shape index (κ1) is 12.0. The van der Waals surface area contributed by atoms with Gasteiger partial charge in [0.15, 0.2) is 0 Å². The molecule has 1 atom stereocenters. The fourth-order valence-electron chi connectivity index (χ4n) is 1.81. The maximum atomic E-state index is 4.25. The van der Waals surface area contributed by atoms with Crippen LogP contribution in [0, 0.1) is 0 Å². The highest BCUT2D eigenvalue weighted by Gasteiger charge is 2.11. The van der Waals surface area contributed by atoms with Crippen molar-refractivity contribution in [1.29, 1.82) is 0 Å². The Morgan fingerprint density at radius 2 is 2.13 bits per heavy atom. The molecule has 0 aliphatic heterocycles. The lowest BCUT2D eigenvalue weighted by Crippen LogP contribution is -2.29. The smallest absolute Gasteiger partial charge is 0.202 e. The third-order valence-electron chi connectivity index (χ3n) is 2.78. The summed E-state index contributed by atoms with van der Waals surface area (Å²) >= 11 is 0. The minimum absolute atomic E-state index is 0.454. The molecule has 1 rings (SSSR count). The summed E-state index contributed by atoms with van der Waals surface area (Å²) in [6, 6.07) is 0.454. The summed E-state index contributed by atoms with van der Waals surface area (Å²) in [5.74, 6) is 0.939. The number of anilines is 1. The number of likely N-dealkylation sites (N-methyl/N-ethyl adjacent to an activating group) is 1. The predicted octanol–water partition coefficient (Wildman–Crippen LogP) is 1.83. The lowest BCUT2D eigenvalue weighted by Gasteiger charge is -2.24. The van der Waals surface area contributed by atoms with E-state index in [1.807, 2.05) is 19.4 Å². The highest BCUT2D eigenvalue weighted by Crippen LogP contribution is 2.13. The molecule has 15 heavy (non-hydrogen) atoms. The van der Waals surface area contributed by atoms with Crippen molar-refractivity contribution in [3.63, 3.8) is 0 Å². The SMILES string of the molecule is CCN(CC)CC(C)n1ccnc1NC. The van der Waals surface area contributed by atoms with Crippen molar-refractivity contribution in [3.8, 4) is 0 Å². The maximum Gasteiger partial charge on any atom is 0.202 e. The van der Waals surface area contributed by atoms with Gasteiger partial charge in [-0.05, 0) is 20.0 Å². The van der Waals surface area contributed by atoms with E-state index < -0.39 is 0 Å². The first-order valence-corrected chi connectivity index (χ1v) is 5.65. The molecule has 0 aliphatic carbocycles. The molecule has 0 aliphatic rings. The molecule has 0 saturated carbocycles. The molecule has 1 aromatic rings. The van der Waals surface area contributed by atoms with Crippen molar-refractivity contribution in [2.24, 2.45) is 0 Å². The first-order valence-electron chi connectivity index (χ1n) is 5.65. The van der Waals surface area contributed by atoms with Gasteiger partial charge < -0.3 is 14.8 Å². The van der Waals surface area contributed by atoms with Gasteiger partial charge in [-0.3, -0.25) is 0 Å². The highest BCUT2D eigenvalue weighted by molar-refractivity contribution is 5.25. The lowest BCUT2D eigenvalue weighted by molar-refractivity contribution is 0.262. The molecule has 0 saturated heterocycles. The van der Waals surface area contributed by atoms with Crippen molar-refractivity contribution < 1.29 is 0 Å². The maximum absolute atomic E-state index is 4.25. The average molecular weight is 210 g/mol. The van der Waals surface area contributed by atoms with Gasteiger partial charge in [0.2, 0.25) is 5.95 Å². The van der Waals surface area contributed by atoms with Gasteiger partial charge in [-0.15, -0.1) is 0 Å². The monoisotopic (exact) mass is 210 g/mol. The fourth-order valence-corrected chi connectivity index (χ4v) is 1.81. The van der Waals surface area contributed by atoms with Crippen molar-refractivity contribution in [2.45, 2.75) is 26.8 Å². The Labute approximate surface area is 92.3 Å². The third kappa shape index (κ3) is 2.96. The molecule has 1 N–H and O–H groups in total. The molecule has 0 amide bonds. The van der Waals surface area contributed by atoms with E-state index in [1.54, 1.807) is 0 Å². The normalized spacial score (nSPS) is 13.1. The predicted molar refractivity (Wildman–Crippen MR) is 64.3 cm³/mol. The fraction of sp³-hybridized carbons (Fsp3) is 0.727. The van der Waals surface area contributed by atoms with Crippen LogP contribution in [0.1, 0.15) is 26.8 Å². The summed E-state index contributed by atoms with van der Waals surface area (Å²) in [6.07, 6.45) is 3.87. The number of nitrogens with one attached hydrogen (secondary N) is 1. The standard InChI is InChI=1S/C11H22N4/c1-5-14(6-2)9-10(3)15-8-7-13-11(15)12-4/h7-8,10H,5-6,9H2,1-4H3,(H,12,13). The van der Waals surface area contributed by atoms with E-state index in [1.165, 1.54) is 0 Å². The summed E-state index contributed by atoms with van der Waals surface area (Å²) < 4.78 is 2.18. The Bertz CT molecular complexity index is 278. The van der Waals surface area contributed by atoms with E-state index in [0.717, 1.165) is 25.6 Å². The Hall–Kier alpha value is -1.03. The van der Waals surface area contributed by atoms with Crippen LogP contribution in [0.15, 0.2) is 12.4 Å². The van der Waals surface area contributed by atoms with Crippen LogP contribution in [0.5, 0.6) is 0 Å². The first-order chi connectivity index (χ1) is 7.22. The largest absolute Gasteiger partial charge is 0.359 e. The summed E-state index contributed by atoms with van der Waals surface area (Å²) in [7, 11) is 1.91. The van der Waals surface area contributed by atoms with Gasteiger partial charge >= 0.3 is 0 Å². The Balaban J connectivity index is 2.63. The highest BCUT2D eigenvalue weighted by atomic mass is 15.2. The Morgan fingerprint density at radius 3 is 2.67 bits per heavy atom. The van der Waals surface area contributed by atoms with Crippen molar-refractivity contribution in [3.05, 3.63) is 12.4 Å². The second kappa shape index (κ2) is 5.75. The van der Waals surface area contributed by atoms with Gasteiger partial charge in [0.05, 0.1) is 0 Å². The van der Waals surface area contributed by atoms with Crippen LogP contribution in [0.25, 0.3) is 0 Å². The van der Waals surface area contributed by atoms with Gasteiger partial charge in [-0.25, -0.2) is 4.98 Å². The number of hydrogen-bond acceptors (Lipinski definition) is 3. The van der Waals surface area contributed by atoms with Crippen LogP contribution in [-0.4, -0.2) is 41.1 Å². The molecule has 0 bridgehead atoms. The molecular formula is C11H22N4. The van der Waals surface area contributed by atoms with Crippen LogP contribution in [-0.2, 0) is 0 Å². The molecule has 1 heterocycles. The minimum Gasteiger partial charge on any atom is -0.359 e. The summed E-state index contributed by atoms with van der Waals surface area (Å²) in [6.45, 7) is 9.89. The van der Waals surface area contributed by atoms with Gasteiger partial charge in [-0.2, -0.15) is 0 Å². The van der Waals surface area contributed by atoms with E-state index in [0.29, 0.717) is 6.04 Å². The summed E-state index contributed by atoms with van der Waals surface area (Å²) in [5.41, 5.74) is 0. The van der Waals surface area contributed by atoms with Gasteiger partial charge in [-0.1, -0.05) is 13.8 Å². The van der Waals surface area contributed by atoms with E-state index in [9.17, 15) is 0 Å². The molecule has 4 nitrogen and oxygen atoms in total. The van der Waals surface area contributed by atoms with Crippen molar-refractivity contribution in [2.75, 3.05) is 32.0 Å². The molecule has 0 fully saturated rings. The average Bonchev–Trinajstić information content (AvgIpc) is 2.73. The number of rotatable bonds is 6. The number of nitrogens with zero attached hydrogens (tertiary/aromatic N) is 3.